The third-order valence-corrected chi connectivity index (χ3v) is 3.83. The van der Waals surface area contributed by atoms with E-state index in [9.17, 15) is 0 Å². The molecule has 3 aromatic rings. The highest BCUT2D eigenvalue weighted by molar-refractivity contribution is 6.30. The Balaban J connectivity index is 2.17. The van der Waals surface area contributed by atoms with Gasteiger partial charge in [0.1, 0.15) is 5.65 Å². The standard InChI is InChI=1S/C18H19ClN4/c1-12-7-6-10-23-16(12)20-15(18(2,3)4)17(23)22-21-14-9-5-8-13(19)11-14/h5-11H,1-4H3. The lowest BCUT2D eigenvalue weighted by atomic mass is 9.92. The van der Waals surface area contributed by atoms with E-state index in [0.29, 0.717) is 5.02 Å². The number of nitrogens with zero attached hydrogens (tertiary/aromatic N) is 4. The monoisotopic (exact) mass is 326 g/mol. The molecule has 1 aromatic carbocycles. The lowest BCUT2D eigenvalue weighted by Crippen LogP contribution is -2.11. The summed E-state index contributed by atoms with van der Waals surface area (Å²) < 4.78 is 1.99. The summed E-state index contributed by atoms with van der Waals surface area (Å²) in [6, 6.07) is 11.4. The molecule has 3 rings (SSSR count). The Morgan fingerprint density at radius 1 is 1.09 bits per heavy atom. The highest BCUT2D eigenvalue weighted by atomic mass is 35.5. The zero-order chi connectivity index (χ0) is 16.6. The molecule has 0 spiro atoms. The van der Waals surface area contributed by atoms with Crippen LogP contribution in [0.25, 0.3) is 5.65 Å². The van der Waals surface area contributed by atoms with Crippen LogP contribution >= 0.6 is 11.6 Å². The normalized spacial score (nSPS) is 12.4. The Bertz CT molecular complexity index is 888. The van der Waals surface area contributed by atoms with E-state index in [1.54, 1.807) is 6.07 Å². The SMILES string of the molecule is Cc1cccn2c(N=Nc3cccc(Cl)c3)c(C(C)(C)C)nc12. The van der Waals surface area contributed by atoms with Crippen LogP contribution in [-0.4, -0.2) is 9.38 Å². The van der Waals surface area contributed by atoms with Gasteiger partial charge in [-0.1, -0.05) is 44.5 Å². The van der Waals surface area contributed by atoms with Crippen molar-refractivity contribution in [2.24, 2.45) is 10.2 Å². The quantitative estimate of drug-likeness (QED) is 0.532. The highest BCUT2D eigenvalue weighted by Crippen LogP contribution is 2.34. The predicted octanol–water partition coefficient (Wildman–Crippen LogP) is 6.01. The maximum Gasteiger partial charge on any atom is 0.183 e. The molecule has 0 saturated carbocycles. The molecule has 0 N–H and O–H groups in total. The van der Waals surface area contributed by atoms with Gasteiger partial charge in [0.15, 0.2) is 5.82 Å². The molecule has 0 atom stereocenters. The minimum atomic E-state index is -0.124. The van der Waals surface area contributed by atoms with Crippen LogP contribution in [0.2, 0.25) is 5.02 Å². The van der Waals surface area contributed by atoms with E-state index >= 15 is 0 Å². The fourth-order valence-electron chi connectivity index (χ4n) is 2.43. The molecular formula is C18H19ClN4. The second-order valence-corrected chi connectivity index (χ2v) is 7.04. The minimum Gasteiger partial charge on any atom is -0.283 e. The van der Waals surface area contributed by atoms with Gasteiger partial charge < -0.3 is 0 Å². The number of aryl methyl sites for hydroxylation is 1. The van der Waals surface area contributed by atoms with Gasteiger partial charge in [-0.3, -0.25) is 4.40 Å². The van der Waals surface area contributed by atoms with Crippen LogP contribution in [0.1, 0.15) is 32.0 Å². The smallest absolute Gasteiger partial charge is 0.183 e. The van der Waals surface area contributed by atoms with Crippen molar-refractivity contribution in [2.45, 2.75) is 33.1 Å². The van der Waals surface area contributed by atoms with E-state index < -0.39 is 0 Å². The molecule has 0 aliphatic heterocycles. The van der Waals surface area contributed by atoms with Gasteiger partial charge in [-0.2, -0.15) is 0 Å². The predicted molar refractivity (Wildman–Crippen MR) is 94.3 cm³/mol. The van der Waals surface area contributed by atoms with Crippen LogP contribution in [0.4, 0.5) is 11.5 Å². The topological polar surface area (TPSA) is 42.0 Å². The summed E-state index contributed by atoms with van der Waals surface area (Å²) >= 11 is 6.01. The van der Waals surface area contributed by atoms with Crippen molar-refractivity contribution in [1.29, 1.82) is 0 Å². The average molecular weight is 327 g/mol. The lowest BCUT2D eigenvalue weighted by Gasteiger charge is -2.15. The first kappa shape index (κ1) is 15.7. The van der Waals surface area contributed by atoms with Crippen molar-refractivity contribution in [3.05, 3.63) is 58.9 Å². The number of hydrogen-bond acceptors (Lipinski definition) is 3. The Hall–Kier alpha value is -2.20. The summed E-state index contributed by atoms with van der Waals surface area (Å²) in [5.74, 6) is 0.760. The van der Waals surface area contributed by atoms with E-state index in [0.717, 1.165) is 28.4 Å². The first-order chi connectivity index (χ1) is 10.9. The number of benzene rings is 1. The number of rotatable bonds is 2. The molecular weight excluding hydrogens is 308 g/mol. The maximum atomic E-state index is 6.01. The highest BCUT2D eigenvalue weighted by Gasteiger charge is 2.24. The van der Waals surface area contributed by atoms with E-state index in [1.807, 2.05) is 47.9 Å². The molecule has 0 fully saturated rings. The molecule has 0 radical (unpaired) electrons. The molecule has 5 heteroatoms. The summed E-state index contributed by atoms with van der Waals surface area (Å²) in [7, 11) is 0. The van der Waals surface area contributed by atoms with Crippen molar-refractivity contribution in [1.82, 2.24) is 9.38 Å². The number of azo groups is 1. The van der Waals surface area contributed by atoms with Gasteiger partial charge in [0.25, 0.3) is 0 Å². The molecule has 0 aliphatic carbocycles. The van der Waals surface area contributed by atoms with E-state index in [1.165, 1.54) is 0 Å². The van der Waals surface area contributed by atoms with Crippen molar-refractivity contribution in [2.75, 3.05) is 0 Å². The summed E-state index contributed by atoms with van der Waals surface area (Å²) in [4.78, 5) is 4.80. The number of aromatic nitrogens is 2. The summed E-state index contributed by atoms with van der Waals surface area (Å²) in [5, 5.41) is 9.47. The van der Waals surface area contributed by atoms with Crippen molar-refractivity contribution in [3.63, 3.8) is 0 Å². The number of fused-ring (bicyclic) bond motifs is 1. The second-order valence-electron chi connectivity index (χ2n) is 6.60. The number of hydrogen-bond donors (Lipinski definition) is 0. The molecule has 0 unspecified atom stereocenters. The van der Waals surface area contributed by atoms with Crippen molar-refractivity contribution >= 4 is 28.8 Å². The van der Waals surface area contributed by atoms with Crippen LogP contribution in [0.5, 0.6) is 0 Å². The number of imidazole rings is 1. The molecule has 0 saturated heterocycles. The average Bonchev–Trinajstić information content (AvgIpc) is 2.85. The van der Waals surface area contributed by atoms with Gasteiger partial charge in [-0.05, 0) is 36.8 Å². The molecule has 0 bridgehead atoms. The molecule has 0 aliphatic rings. The van der Waals surface area contributed by atoms with Crippen LogP contribution in [0.3, 0.4) is 0 Å². The maximum absolute atomic E-state index is 6.01. The Morgan fingerprint density at radius 3 is 2.57 bits per heavy atom. The van der Waals surface area contributed by atoms with Crippen LogP contribution in [-0.2, 0) is 5.41 Å². The first-order valence-corrected chi connectivity index (χ1v) is 7.89. The van der Waals surface area contributed by atoms with Gasteiger partial charge in [-0.25, -0.2) is 4.98 Å². The van der Waals surface area contributed by atoms with Crippen LogP contribution in [0.15, 0.2) is 52.8 Å². The largest absolute Gasteiger partial charge is 0.283 e. The zero-order valence-corrected chi connectivity index (χ0v) is 14.5. The lowest BCUT2D eigenvalue weighted by molar-refractivity contribution is 0.573. The van der Waals surface area contributed by atoms with Crippen LogP contribution < -0.4 is 0 Å². The van der Waals surface area contributed by atoms with Gasteiger partial charge in [0.05, 0.1) is 11.4 Å². The fraction of sp³-hybridized carbons (Fsp3) is 0.278. The summed E-state index contributed by atoms with van der Waals surface area (Å²) in [6.45, 7) is 8.43. The van der Waals surface area contributed by atoms with E-state index in [4.69, 9.17) is 16.6 Å². The zero-order valence-electron chi connectivity index (χ0n) is 13.7. The minimum absolute atomic E-state index is 0.124. The van der Waals surface area contributed by atoms with Crippen molar-refractivity contribution in [3.8, 4) is 0 Å². The summed E-state index contributed by atoms with van der Waals surface area (Å²) in [6.07, 6.45) is 1.97. The fourth-order valence-corrected chi connectivity index (χ4v) is 2.62. The third-order valence-electron chi connectivity index (χ3n) is 3.60. The Labute approximate surface area is 140 Å². The molecule has 0 amide bonds. The molecule has 23 heavy (non-hydrogen) atoms. The van der Waals surface area contributed by atoms with Gasteiger partial charge >= 0.3 is 0 Å². The first-order valence-electron chi connectivity index (χ1n) is 7.52. The number of halogens is 1. The second kappa shape index (κ2) is 5.78. The van der Waals surface area contributed by atoms with E-state index in [-0.39, 0.29) is 5.41 Å². The Kier molecular flexibility index (Phi) is 3.94. The van der Waals surface area contributed by atoms with E-state index in [2.05, 4.69) is 31.0 Å². The van der Waals surface area contributed by atoms with Crippen molar-refractivity contribution < 1.29 is 0 Å². The Morgan fingerprint density at radius 2 is 1.87 bits per heavy atom. The third kappa shape index (κ3) is 3.13. The number of pyridine rings is 1. The van der Waals surface area contributed by atoms with Gasteiger partial charge in [0.2, 0.25) is 0 Å². The van der Waals surface area contributed by atoms with Gasteiger partial charge in [0, 0.05) is 16.6 Å². The van der Waals surface area contributed by atoms with Crippen LogP contribution in [0, 0.1) is 6.92 Å². The molecule has 2 aromatic heterocycles. The van der Waals surface area contributed by atoms with Gasteiger partial charge in [-0.15, -0.1) is 10.2 Å². The molecule has 2 heterocycles. The molecule has 4 nitrogen and oxygen atoms in total. The molecule has 118 valence electrons. The summed E-state index contributed by atoms with van der Waals surface area (Å²) in [5.41, 5.74) is 3.55.